The second kappa shape index (κ2) is 8.45. The van der Waals surface area contributed by atoms with Gasteiger partial charge in [-0.1, -0.05) is 24.3 Å². The second-order valence-electron chi connectivity index (χ2n) is 4.84. The number of carbonyl (C=O) groups is 2. The van der Waals surface area contributed by atoms with Crippen LogP contribution in [0.2, 0.25) is 0 Å². The van der Waals surface area contributed by atoms with Crippen LogP contribution in [-0.2, 0) is 16.1 Å². The Balaban J connectivity index is 1.89. The van der Waals surface area contributed by atoms with Gasteiger partial charge in [-0.05, 0) is 45.8 Å². The summed E-state index contributed by atoms with van der Waals surface area (Å²) in [5.74, 6) is -0.597. The van der Waals surface area contributed by atoms with Crippen molar-refractivity contribution in [3.05, 3.63) is 64.1 Å². The molecular weight excluding hydrogens is 360 g/mol. The zero-order valence-corrected chi connectivity index (χ0v) is 14.2. The molecule has 0 aliphatic heterocycles. The molecule has 0 saturated heterocycles. The standard InChI is InChI=1S/C17H17BrN2O3/c1-23-11-12-5-4-6-13(9-12)20-16(21)10-19-17(22)14-7-2-3-8-15(14)18/h2-9H,10-11H2,1H3,(H,19,22)(H,20,21). The molecule has 120 valence electrons. The van der Waals surface area contributed by atoms with Gasteiger partial charge in [-0.25, -0.2) is 0 Å². The summed E-state index contributed by atoms with van der Waals surface area (Å²) in [5.41, 5.74) is 2.12. The predicted molar refractivity (Wildman–Crippen MR) is 92.3 cm³/mol. The highest BCUT2D eigenvalue weighted by molar-refractivity contribution is 9.10. The van der Waals surface area contributed by atoms with E-state index in [4.69, 9.17) is 4.74 Å². The highest BCUT2D eigenvalue weighted by Gasteiger charge is 2.10. The summed E-state index contributed by atoms with van der Waals surface area (Å²) in [6.45, 7) is 0.372. The third-order valence-corrected chi connectivity index (χ3v) is 3.74. The fraction of sp³-hybridized carbons (Fsp3) is 0.176. The molecular formula is C17H17BrN2O3. The Kier molecular flexibility index (Phi) is 6.31. The number of methoxy groups -OCH3 is 1. The molecule has 0 aromatic heterocycles. The largest absolute Gasteiger partial charge is 0.380 e. The number of hydrogen-bond donors (Lipinski definition) is 2. The van der Waals surface area contributed by atoms with E-state index in [1.165, 1.54) is 0 Å². The first kappa shape index (κ1) is 17.2. The average molecular weight is 377 g/mol. The molecule has 5 nitrogen and oxygen atoms in total. The van der Waals surface area contributed by atoms with Gasteiger partial charge in [-0.3, -0.25) is 9.59 Å². The van der Waals surface area contributed by atoms with Crippen molar-refractivity contribution in [1.29, 1.82) is 0 Å². The van der Waals surface area contributed by atoms with E-state index in [2.05, 4.69) is 26.6 Å². The molecule has 0 aliphatic rings. The van der Waals surface area contributed by atoms with E-state index in [-0.39, 0.29) is 18.4 Å². The number of amides is 2. The molecule has 0 unspecified atom stereocenters. The van der Waals surface area contributed by atoms with Gasteiger partial charge in [0.05, 0.1) is 18.7 Å². The Morgan fingerprint density at radius 2 is 1.91 bits per heavy atom. The number of halogens is 1. The summed E-state index contributed by atoms with van der Waals surface area (Å²) in [6.07, 6.45) is 0. The monoisotopic (exact) mass is 376 g/mol. The molecule has 0 radical (unpaired) electrons. The van der Waals surface area contributed by atoms with Crippen molar-refractivity contribution in [3.8, 4) is 0 Å². The van der Waals surface area contributed by atoms with Crippen molar-refractivity contribution in [3.63, 3.8) is 0 Å². The van der Waals surface area contributed by atoms with Crippen molar-refractivity contribution in [2.75, 3.05) is 19.0 Å². The Morgan fingerprint density at radius 3 is 2.65 bits per heavy atom. The van der Waals surface area contributed by atoms with E-state index >= 15 is 0 Å². The molecule has 2 aromatic rings. The van der Waals surface area contributed by atoms with Gasteiger partial charge in [0.1, 0.15) is 0 Å². The van der Waals surface area contributed by atoms with Crippen molar-refractivity contribution < 1.29 is 14.3 Å². The van der Waals surface area contributed by atoms with Gasteiger partial charge >= 0.3 is 0 Å². The molecule has 0 heterocycles. The van der Waals surface area contributed by atoms with Crippen molar-refractivity contribution >= 4 is 33.4 Å². The summed E-state index contributed by atoms with van der Waals surface area (Å²) < 4.78 is 5.74. The van der Waals surface area contributed by atoms with Crippen LogP contribution in [0.25, 0.3) is 0 Å². The van der Waals surface area contributed by atoms with Crippen LogP contribution in [-0.4, -0.2) is 25.5 Å². The lowest BCUT2D eigenvalue weighted by atomic mass is 10.2. The SMILES string of the molecule is COCc1cccc(NC(=O)CNC(=O)c2ccccc2Br)c1. The van der Waals surface area contributed by atoms with Gasteiger partial charge in [0.2, 0.25) is 5.91 Å². The van der Waals surface area contributed by atoms with E-state index in [0.717, 1.165) is 5.56 Å². The summed E-state index contributed by atoms with van der Waals surface area (Å²) in [5, 5.41) is 5.34. The van der Waals surface area contributed by atoms with Crippen LogP contribution in [0.15, 0.2) is 53.0 Å². The zero-order chi connectivity index (χ0) is 16.7. The first-order valence-electron chi connectivity index (χ1n) is 7.00. The molecule has 2 aromatic carbocycles. The first-order valence-corrected chi connectivity index (χ1v) is 7.80. The Hall–Kier alpha value is -2.18. The Bertz CT molecular complexity index is 704. The lowest BCUT2D eigenvalue weighted by Crippen LogP contribution is -2.33. The molecule has 2 N–H and O–H groups in total. The van der Waals surface area contributed by atoms with E-state index in [0.29, 0.717) is 22.3 Å². The van der Waals surface area contributed by atoms with Crippen LogP contribution in [0.1, 0.15) is 15.9 Å². The highest BCUT2D eigenvalue weighted by Crippen LogP contribution is 2.15. The topological polar surface area (TPSA) is 67.4 Å². The van der Waals surface area contributed by atoms with Crippen molar-refractivity contribution in [1.82, 2.24) is 5.32 Å². The van der Waals surface area contributed by atoms with Gasteiger partial charge in [-0.15, -0.1) is 0 Å². The average Bonchev–Trinajstić information content (AvgIpc) is 2.54. The van der Waals surface area contributed by atoms with Crippen molar-refractivity contribution in [2.45, 2.75) is 6.61 Å². The fourth-order valence-corrected chi connectivity index (χ4v) is 2.48. The van der Waals surface area contributed by atoms with Gasteiger partial charge in [0, 0.05) is 17.3 Å². The quantitative estimate of drug-likeness (QED) is 0.814. The maximum absolute atomic E-state index is 12.0. The predicted octanol–water partition coefficient (Wildman–Crippen LogP) is 2.96. The zero-order valence-electron chi connectivity index (χ0n) is 12.6. The van der Waals surface area contributed by atoms with Gasteiger partial charge in [0.15, 0.2) is 0 Å². The smallest absolute Gasteiger partial charge is 0.252 e. The van der Waals surface area contributed by atoms with E-state index < -0.39 is 0 Å². The van der Waals surface area contributed by atoms with E-state index in [1.54, 1.807) is 31.4 Å². The van der Waals surface area contributed by atoms with Crippen LogP contribution in [0.4, 0.5) is 5.69 Å². The van der Waals surface area contributed by atoms with E-state index in [1.807, 2.05) is 24.3 Å². The fourth-order valence-electron chi connectivity index (χ4n) is 2.01. The minimum Gasteiger partial charge on any atom is -0.380 e. The van der Waals surface area contributed by atoms with Crippen LogP contribution >= 0.6 is 15.9 Å². The van der Waals surface area contributed by atoms with Crippen LogP contribution in [0.3, 0.4) is 0 Å². The van der Waals surface area contributed by atoms with E-state index in [9.17, 15) is 9.59 Å². The number of hydrogen-bond acceptors (Lipinski definition) is 3. The molecule has 0 aliphatic carbocycles. The summed E-state index contributed by atoms with van der Waals surface area (Å²) >= 11 is 3.31. The normalized spacial score (nSPS) is 10.2. The molecule has 2 rings (SSSR count). The molecule has 0 fully saturated rings. The molecule has 2 amide bonds. The van der Waals surface area contributed by atoms with Crippen LogP contribution in [0.5, 0.6) is 0 Å². The van der Waals surface area contributed by atoms with Gasteiger partial charge in [0.25, 0.3) is 5.91 Å². The maximum atomic E-state index is 12.0. The van der Waals surface area contributed by atoms with Crippen molar-refractivity contribution in [2.24, 2.45) is 0 Å². The molecule has 6 heteroatoms. The number of anilines is 1. The van der Waals surface area contributed by atoms with Crippen LogP contribution < -0.4 is 10.6 Å². The Morgan fingerprint density at radius 1 is 1.13 bits per heavy atom. The van der Waals surface area contributed by atoms with Gasteiger partial charge < -0.3 is 15.4 Å². The third kappa shape index (κ3) is 5.19. The summed E-state index contributed by atoms with van der Waals surface area (Å²) in [4.78, 5) is 24.0. The molecule has 0 bridgehead atoms. The van der Waals surface area contributed by atoms with Crippen LogP contribution in [0, 0.1) is 0 Å². The lowest BCUT2D eigenvalue weighted by Gasteiger charge is -2.09. The molecule has 0 saturated carbocycles. The maximum Gasteiger partial charge on any atom is 0.252 e. The second-order valence-corrected chi connectivity index (χ2v) is 5.70. The molecule has 23 heavy (non-hydrogen) atoms. The number of benzene rings is 2. The summed E-state index contributed by atoms with van der Waals surface area (Å²) in [7, 11) is 1.61. The third-order valence-electron chi connectivity index (χ3n) is 3.05. The minimum absolute atomic E-state index is 0.103. The minimum atomic E-state index is -0.305. The lowest BCUT2D eigenvalue weighted by molar-refractivity contribution is -0.115. The number of nitrogens with one attached hydrogen (secondary N) is 2. The summed E-state index contributed by atoms with van der Waals surface area (Å²) in [6, 6.07) is 14.4. The number of rotatable bonds is 6. The highest BCUT2D eigenvalue weighted by atomic mass is 79.9. The number of ether oxygens (including phenoxy) is 1. The first-order chi connectivity index (χ1) is 11.1. The molecule has 0 atom stereocenters. The Labute approximate surface area is 143 Å². The molecule has 0 spiro atoms. The number of carbonyl (C=O) groups excluding carboxylic acids is 2. The van der Waals surface area contributed by atoms with Gasteiger partial charge in [-0.2, -0.15) is 0 Å².